The van der Waals surface area contributed by atoms with Gasteiger partial charge in [0.15, 0.2) is 0 Å². The Balaban J connectivity index is 1.46. The number of pyridine rings is 2. The van der Waals surface area contributed by atoms with E-state index in [9.17, 15) is 9.59 Å². The fraction of sp³-hybridized carbons (Fsp3) is 0.300. The van der Waals surface area contributed by atoms with Gasteiger partial charge in [-0.2, -0.15) is 5.10 Å². The smallest absolute Gasteiger partial charge is 0.263 e. The fourth-order valence-corrected chi connectivity index (χ4v) is 3.10. The van der Waals surface area contributed by atoms with Gasteiger partial charge >= 0.3 is 0 Å². The zero-order chi connectivity index (χ0) is 18.8. The number of carbonyl (C=O) groups is 1. The molecule has 0 atom stereocenters. The molecule has 7 nitrogen and oxygen atoms in total. The molecule has 1 aliphatic rings. The van der Waals surface area contributed by atoms with Crippen LogP contribution in [-0.2, 0) is 13.6 Å². The molecule has 3 aromatic heterocycles. The number of amides is 1. The summed E-state index contributed by atoms with van der Waals surface area (Å²) in [5.74, 6) is 0.174. The normalized spacial score (nSPS) is 13.5. The Morgan fingerprint density at radius 2 is 2.07 bits per heavy atom. The van der Waals surface area contributed by atoms with Crippen LogP contribution in [0.2, 0.25) is 0 Å². The van der Waals surface area contributed by atoms with Crippen molar-refractivity contribution in [3.63, 3.8) is 0 Å². The number of aromatic nitrogens is 4. The maximum atomic E-state index is 12.3. The van der Waals surface area contributed by atoms with Crippen LogP contribution in [0, 0.1) is 0 Å². The highest BCUT2D eigenvalue weighted by atomic mass is 16.2. The largest absolute Gasteiger partial charge is 0.350 e. The summed E-state index contributed by atoms with van der Waals surface area (Å²) in [6.45, 7) is 0.956. The Morgan fingerprint density at radius 1 is 1.22 bits per heavy atom. The first-order chi connectivity index (χ1) is 13.1. The maximum absolute atomic E-state index is 12.3. The molecule has 0 radical (unpaired) electrons. The predicted octanol–water partition coefficient (Wildman–Crippen LogP) is 1.95. The van der Waals surface area contributed by atoms with Gasteiger partial charge in [0.2, 0.25) is 0 Å². The SMILES string of the molecule is Cn1cccc(C(=O)NCCn2nc(-c3ccccn3)cc2C2CC2)c1=O. The molecule has 0 saturated heterocycles. The van der Waals surface area contributed by atoms with E-state index >= 15 is 0 Å². The molecule has 3 aromatic rings. The van der Waals surface area contributed by atoms with Gasteiger partial charge in [0.25, 0.3) is 11.5 Å². The van der Waals surface area contributed by atoms with Crippen molar-refractivity contribution in [1.29, 1.82) is 0 Å². The van der Waals surface area contributed by atoms with Gasteiger partial charge in [0.1, 0.15) is 11.3 Å². The number of carbonyl (C=O) groups excluding carboxylic acids is 1. The van der Waals surface area contributed by atoms with Crippen molar-refractivity contribution < 1.29 is 4.79 Å². The highest BCUT2D eigenvalue weighted by molar-refractivity contribution is 5.93. The van der Waals surface area contributed by atoms with Crippen molar-refractivity contribution in [3.05, 3.63) is 70.4 Å². The van der Waals surface area contributed by atoms with Gasteiger partial charge in [-0.25, -0.2) is 0 Å². The summed E-state index contributed by atoms with van der Waals surface area (Å²) in [6.07, 6.45) is 5.72. The number of hydrogen-bond donors (Lipinski definition) is 1. The van der Waals surface area contributed by atoms with Crippen LogP contribution in [-0.4, -0.2) is 31.8 Å². The van der Waals surface area contributed by atoms with Gasteiger partial charge in [-0.1, -0.05) is 6.07 Å². The Hall–Kier alpha value is -3.22. The minimum Gasteiger partial charge on any atom is -0.350 e. The van der Waals surface area contributed by atoms with E-state index < -0.39 is 0 Å². The first-order valence-electron chi connectivity index (χ1n) is 9.06. The quantitative estimate of drug-likeness (QED) is 0.726. The first kappa shape index (κ1) is 17.2. The first-order valence-corrected chi connectivity index (χ1v) is 9.06. The summed E-state index contributed by atoms with van der Waals surface area (Å²) >= 11 is 0. The van der Waals surface area contributed by atoms with Crippen LogP contribution < -0.4 is 10.9 Å². The molecule has 1 fully saturated rings. The van der Waals surface area contributed by atoms with E-state index in [-0.39, 0.29) is 17.0 Å². The molecule has 7 heteroatoms. The zero-order valence-electron chi connectivity index (χ0n) is 15.1. The molecule has 0 aromatic carbocycles. The summed E-state index contributed by atoms with van der Waals surface area (Å²) in [5.41, 5.74) is 2.72. The van der Waals surface area contributed by atoms with E-state index in [4.69, 9.17) is 0 Å². The van der Waals surface area contributed by atoms with E-state index in [2.05, 4.69) is 21.5 Å². The second kappa shape index (κ2) is 7.19. The van der Waals surface area contributed by atoms with Gasteiger partial charge in [-0.15, -0.1) is 0 Å². The number of hydrogen-bond acceptors (Lipinski definition) is 4. The van der Waals surface area contributed by atoms with Crippen LogP contribution in [0.25, 0.3) is 11.4 Å². The van der Waals surface area contributed by atoms with E-state index in [0.29, 0.717) is 19.0 Å². The van der Waals surface area contributed by atoms with Crippen molar-refractivity contribution >= 4 is 5.91 Å². The average molecular weight is 363 g/mol. The summed E-state index contributed by atoms with van der Waals surface area (Å²) in [5, 5.41) is 7.50. The number of nitrogens with zero attached hydrogens (tertiary/aromatic N) is 4. The Bertz CT molecular complexity index is 1020. The molecule has 4 rings (SSSR count). The van der Waals surface area contributed by atoms with Gasteiger partial charge in [0, 0.05) is 37.6 Å². The maximum Gasteiger partial charge on any atom is 0.263 e. The third-order valence-corrected chi connectivity index (χ3v) is 4.71. The van der Waals surface area contributed by atoms with E-state index in [0.717, 1.165) is 11.4 Å². The standard InChI is InChI=1S/C20H21N5O2/c1-24-11-4-5-15(20(24)27)19(26)22-10-12-25-18(14-7-8-14)13-17(23-25)16-6-2-3-9-21-16/h2-6,9,11,13-14H,7-8,10,12H2,1H3,(H,22,26). The van der Waals surface area contributed by atoms with Crippen LogP contribution in [0.15, 0.2) is 53.6 Å². The molecule has 3 heterocycles. The van der Waals surface area contributed by atoms with E-state index in [1.165, 1.54) is 23.1 Å². The van der Waals surface area contributed by atoms with E-state index in [1.807, 2.05) is 22.9 Å². The Kier molecular flexibility index (Phi) is 4.58. The molecule has 0 unspecified atom stereocenters. The van der Waals surface area contributed by atoms with Gasteiger partial charge in [0.05, 0.1) is 12.2 Å². The van der Waals surface area contributed by atoms with Crippen molar-refractivity contribution in [2.75, 3.05) is 6.54 Å². The molecule has 1 N–H and O–H groups in total. The molecule has 27 heavy (non-hydrogen) atoms. The molecule has 0 bridgehead atoms. The average Bonchev–Trinajstić information content (AvgIpc) is 3.44. The molecular weight excluding hydrogens is 342 g/mol. The van der Waals surface area contributed by atoms with Crippen LogP contribution in [0.3, 0.4) is 0 Å². The molecule has 1 amide bonds. The predicted molar refractivity (Wildman–Crippen MR) is 101 cm³/mol. The lowest BCUT2D eigenvalue weighted by atomic mass is 10.2. The van der Waals surface area contributed by atoms with Crippen LogP contribution in [0.5, 0.6) is 0 Å². The van der Waals surface area contributed by atoms with Crippen LogP contribution in [0.1, 0.15) is 34.8 Å². The van der Waals surface area contributed by atoms with Gasteiger partial charge < -0.3 is 9.88 Å². The topological polar surface area (TPSA) is 81.8 Å². The zero-order valence-corrected chi connectivity index (χ0v) is 15.1. The number of nitrogens with one attached hydrogen (secondary N) is 1. The summed E-state index contributed by atoms with van der Waals surface area (Å²) in [7, 11) is 1.63. The summed E-state index contributed by atoms with van der Waals surface area (Å²) in [6, 6.07) is 11.1. The highest BCUT2D eigenvalue weighted by Crippen LogP contribution is 2.41. The second-order valence-corrected chi connectivity index (χ2v) is 6.76. The molecule has 0 spiro atoms. The van der Waals surface area contributed by atoms with Crippen LogP contribution in [0.4, 0.5) is 0 Å². The van der Waals surface area contributed by atoms with Crippen molar-refractivity contribution in [2.45, 2.75) is 25.3 Å². The fourth-order valence-electron chi connectivity index (χ4n) is 3.10. The summed E-state index contributed by atoms with van der Waals surface area (Å²) in [4.78, 5) is 28.7. The van der Waals surface area contributed by atoms with Gasteiger partial charge in [-0.3, -0.25) is 19.3 Å². The van der Waals surface area contributed by atoms with Gasteiger partial charge in [-0.05, 0) is 43.2 Å². The molecule has 1 saturated carbocycles. The Labute approximate surface area is 156 Å². The van der Waals surface area contributed by atoms with Crippen molar-refractivity contribution in [3.8, 4) is 11.4 Å². The monoisotopic (exact) mass is 363 g/mol. The third-order valence-electron chi connectivity index (χ3n) is 4.71. The minimum absolute atomic E-state index is 0.150. The summed E-state index contributed by atoms with van der Waals surface area (Å²) < 4.78 is 3.35. The highest BCUT2D eigenvalue weighted by Gasteiger charge is 2.28. The minimum atomic E-state index is -0.360. The lowest BCUT2D eigenvalue weighted by Gasteiger charge is -2.08. The van der Waals surface area contributed by atoms with Crippen LogP contribution >= 0.6 is 0 Å². The van der Waals surface area contributed by atoms with Crippen molar-refractivity contribution in [2.24, 2.45) is 7.05 Å². The number of rotatable bonds is 6. The molecule has 1 aliphatic carbocycles. The molecule has 0 aliphatic heterocycles. The number of aryl methyl sites for hydroxylation is 1. The lowest BCUT2D eigenvalue weighted by Crippen LogP contribution is -2.33. The van der Waals surface area contributed by atoms with Crippen molar-refractivity contribution in [1.82, 2.24) is 24.6 Å². The third kappa shape index (κ3) is 3.67. The lowest BCUT2D eigenvalue weighted by molar-refractivity contribution is 0.0950. The molecule has 138 valence electrons. The Morgan fingerprint density at radius 3 is 2.81 bits per heavy atom. The second-order valence-electron chi connectivity index (χ2n) is 6.76. The molecular formula is C20H21N5O2. The van der Waals surface area contributed by atoms with E-state index in [1.54, 1.807) is 31.6 Å².